The van der Waals surface area contributed by atoms with Gasteiger partial charge in [-0.05, 0) is 48.5 Å². The van der Waals surface area contributed by atoms with E-state index in [1.807, 2.05) is 0 Å². The van der Waals surface area contributed by atoms with Crippen LogP contribution in [0.15, 0.2) is 59.6 Å². The summed E-state index contributed by atoms with van der Waals surface area (Å²) in [6.45, 7) is 0. The minimum atomic E-state index is -3.86. The van der Waals surface area contributed by atoms with Crippen molar-refractivity contribution in [3.8, 4) is 5.69 Å². The molecule has 3 aromatic rings. The highest BCUT2D eigenvalue weighted by atomic mass is 35.5. The third kappa shape index (κ3) is 3.98. The third-order valence-electron chi connectivity index (χ3n) is 3.34. The molecule has 1 aromatic heterocycles. The molecule has 10 heteroatoms. The molecule has 0 bridgehead atoms. The van der Waals surface area contributed by atoms with Gasteiger partial charge >= 0.3 is 5.97 Å². The van der Waals surface area contributed by atoms with Crippen molar-refractivity contribution in [2.24, 2.45) is 0 Å². The smallest absolute Gasteiger partial charge is 0.356 e. The first kappa shape index (κ1) is 18.2. The summed E-state index contributed by atoms with van der Waals surface area (Å²) in [6, 6.07) is 11.6. The number of anilines is 1. The lowest BCUT2D eigenvalue weighted by Gasteiger charge is -2.10. The Morgan fingerprint density at radius 1 is 1.04 bits per heavy atom. The van der Waals surface area contributed by atoms with E-state index in [0.717, 1.165) is 0 Å². The van der Waals surface area contributed by atoms with Gasteiger partial charge in [-0.1, -0.05) is 23.2 Å². The van der Waals surface area contributed by atoms with Crippen LogP contribution in [0.4, 0.5) is 5.69 Å². The Kier molecular flexibility index (Phi) is 4.90. The molecule has 0 aliphatic carbocycles. The first-order valence-corrected chi connectivity index (χ1v) is 9.37. The molecule has 0 unspecified atom stereocenters. The Labute approximate surface area is 158 Å². The van der Waals surface area contributed by atoms with Crippen LogP contribution in [0.3, 0.4) is 0 Å². The third-order valence-corrected chi connectivity index (χ3v) is 5.14. The van der Waals surface area contributed by atoms with Crippen LogP contribution in [0.1, 0.15) is 10.5 Å². The van der Waals surface area contributed by atoms with Crippen molar-refractivity contribution in [1.29, 1.82) is 0 Å². The van der Waals surface area contributed by atoms with Crippen LogP contribution >= 0.6 is 23.2 Å². The summed E-state index contributed by atoms with van der Waals surface area (Å²) in [5.41, 5.74) is 0.800. The number of carboxylic acid groups (broad SMARTS) is 1. The quantitative estimate of drug-likeness (QED) is 0.666. The molecule has 0 aliphatic rings. The maximum Gasteiger partial charge on any atom is 0.356 e. The average molecular weight is 412 g/mol. The van der Waals surface area contributed by atoms with Crippen LogP contribution in [0.25, 0.3) is 5.69 Å². The van der Waals surface area contributed by atoms with Crippen LogP contribution in [0, 0.1) is 0 Å². The molecule has 2 N–H and O–H groups in total. The Balaban J connectivity index is 1.83. The van der Waals surface area contributed by atoms with Crippen molar-refractivity contribution in [3.05, 3.63) is 70.5 Å². The number of aromatic nitrogens is 2. The van der Waals surface area contributed by atoms with Crippen molar-refractivity contribution in [1.82, 2.24) is 9.78 Å². The molecule has 0 saturated carbocycles. The van der Waals surface area contributed by atoms with Crippen molar-refractivity contribution in [2.75, 3.05) is 4.72 Å². The molecule has 0 amide bonds. The second-order valence-electron chi connectivity index (χ2n) is 5.21. The van der Waals surface area contributed by atoms with E-state index < -0.39 is 16.0 Å². The number of hydrogen-bond donors (Lipinski definition) is 2. The summed E-state index contributed by atoms with van der Waals surface area (Å²) in [6.07, 6.45) is 1.50. The van der Waals surface area contributed by atoms with Crippen molar-refractivity contribution in [3.63, 3.8) is 0 Å². The summed E-state index contributed by atoms with van der Waals surface area (Å²) in [7, 11) is -3.86. The molecule has 0 fully saturated rings. The Bertz CT molecular complexity index is 1060. The van der Waals surface area contributed by atoms with Crippen LogP contribution in [-0.4, -0.2) is 29.3 Å². The van der Waals surface area contributed by atoms with Crippen LogP contribution < -0.4 is 4.72 Å². The number of benzene rings is 2. The first-order chi connectivity index (χ1) is 12.2. The van der Waals surface area contributed by atoms with Gasteiger partial charge in [0.25, 0.3) is 10.0 Å². The number of hydrogen-bond acceptors (Lipinski definition) is 4. The second-order valence-corrected chi connectivity index (χ2v) is 7.76. The highest BCUT2D eigenvalue weighted by Crippen LogP contribution is 2.24. The fourth-order valence-corrected chi connectivity index (χ4v) is 3.95. The van der Waals surface area contributed by atoms with Gasteiger partial charge in [-0.25, -0.2) is 17.9 Å². The number of halogens is 2. The van der Waals surface area contributed by atoms with E-state index in [-0.39, 0.29) is 20.6 Å². The summed E-state index contributed by atoms with van der Waals surface area (Å²) >= 11 is 11.7. The van der Waals surface area contributed by atoms with Crippen molar-refractivity contribution < 1.29 is 18.3 Å². The van der Waals surface area contributed by atoms with Crippen LogP contribution in [0.2, 0.25) is 10.0 Å². The highest BCUT2D eigenvalue weighted by molar-refractivity contribution is 7.92. The molecule has 1 heterocycles. The zero-order valence-electron chi connectivity index (χ0n) is 12.9. The SMILES string of the molecule is O=C(O)c1ccn(-c2ccc(NS(=O)(=O)c3cc(Cl)cc(Cl)c3)cc2)n1. The molecule has 0 saturated heterocycles. The molecule has 0 spiro atoms. The molecule has 0 aliphatic heterocycles. The van der Waals surface area contributed by atoms with Crippen molar-refractivity contribution >= 4 is 44.9 Å². The highest BCUT2D eigenvalue weighted by Gasteiger charge is 2.16. The Morgan fingerprint density at radius 2 is 1.65 bits per heavy atom. The number of sulfonamides is 1. The summed E-state index contributed by atoms with van der Waals surface area (Å²) in [4.78, 5) is 10.8. The Morgan fingerprint density at radius 3 is 2.19 bits per heavy atom. The van der Waals surface area contributed by atoms with Gasteiger partial charge in [-0.15, -0.1) is 0 Å². The minimum Gasteiger partial charge on any atom is -0.476 e. The molecule has 26 heavy (non-hydrogen) atoms. The lowest BCUT2D eigenvalue weighted by molar-refractivity contribution is 0.0690. The average Bonchev–Trinajstić information content (AvgIpc) is 3.04. The standard InChI is InChI=1S/C16H11Cl2N3O4S/c17-10-7-11(18)9-14(8-10)26(24,25)20-12-1-3-13(4-2-12)21-6-5-15(19-21)16(22)23/h1-9,20H,(H,22,23). The molecule has 3 rings (SSSR count). The minimum absolute atomic E-state index is 0.0581. The molecule has 134 valence electrons. The van der Waals surface area contributed by atoms with Gasteiger partial charge in [0.15, 0.2) is 5.69 Å². The number of carbonyl (C=O) groups is 1. The lowest BCUT2D eigenvalue weighted by atomic mass is 10.3. The van der Waals surface area contributed by atoms with Gasteiger partial charge in [-0.2, -0.15) is 5.10 Å². The molecule has 7 nitrogen and oxygen atoms in total. The number of nitrogens with zero attached hydrogens (tertiary/aromatic N) is 2. The lowest BCUT2D eigenvalue weighted by Crippen LogP contribution is -2.13. The van der Waals surface area contributed by atoms with E-state index in [2.05, 4.69) is 9.82 Å². The normalized spacial score (nSPS) is 11.3. The first-order valence-electron chi connectivity index (χ1n) is 7.13. The van der Waals surface area contributed by atoms with E-state index in [1.54, 1.807) is 12.1 Å². The van der Waals surface area contributed by atoms with E-state index >= 15 is 0 Å². The van der Waals surface area contributed by atoms with Crippen molar-refractivity contribution in [2.45, 2.75) is 4.90 Å². The largest absolute Gasteiger partial charge is 0.476 e. The number of nitrogens with one attached hydrogen (secondary N) is 1. The fraction of sp³-hybridized carbons (Fsp3) is 0. The second kappa shape index (κ2) is 6.99. The van der Waals surface area contributed by atoms with E-state index in [1.165, 1.54) is 47.3 Å². The van der Waals surface area contributed by atoms with Gasteiger partial charge < -0.3 is 5.11 Å². The van der Waals surface area contributed by atoms with Gasteiger partial charge in [0, 0.05) is 21.9 Å². The molecular formula is C16H11Cl2N3O4S. The zero-order chi connectivity index (χ0) is 18.9. The van der Waals surface area contributed by atoms with Crippen LogP contribution in [-0.2, 0) is 10.0 Å². The fourth-order valence-electron chi connectivity index (χ4n) is 2.16. The predicted molar refractivity (Wildman–Crippen MR) is 97.8 cm³/mol. The van der Waals surface area contributed by atoms with Gasteiger partial charge in [0.1, 0.15) is 0 Å². The monoisotopic (exact) mass is 411 g/mol. The van der Waals surface area contributed by atoms with Gasteiger partial charge in [-0.3, -0.25) is 4.72 Å². The molecular weight excluding hydrogens is 401 g/mol. The molecule has 0 radical (unpaired) electrons. The van der Waals surface area contributed by atoms with E-state index in [9.17, 15) is 13.2 Å². The van der Waals surface area contributed by atoms with E-state index in [4.69, 9.17) is 28.3 Å². The molecule has 0 atom stereocenters. The topological polar surface area (TPSA) is 101 Å². The zero-order valence-corrected chi connectivity index (χ0v) is 15.3. The predicted octanol–water partition coefficient (Wildman–Crippen LogP) is 3.68. The Hall–Kier alpha value is -2.55. The maximum atomic E-state index is 12.4. The number of carboxylic acids is 1. The summed E-state index contributed by atoms with van der Waals surface area (Å²) in [5, 5.41) is 13.2. The van der Waals surface area contributed by atoms with Gasteiger partial charge in [0.05, 0.1) is 10.6 Å². The van der Waals surface area contributed by atoms with E-state index in [0.29, 0.717) is 11.4 Å². The van der Waals surface area contributed by atoms with Gasteiger partial charge in [0.2, 0.25) is 0 Å². The van der Waals surface area contributed by atoms with Crippen LogP contribution in [0.5, 0.6) is 0 Å². The maximum absolute atomic E-state index is 12.4. The number of aromatic carboxylic acids is 1. The number of rotatable bonds is 5. The summed E-state index contributed by atoms with van der Waals surface area (Å²) < 4.78 is 28.7. The molecule has 2 aromatic carbocycles. The summed E-state index contributed by atoms with van der Waals surface area (Å²) in [5.74, 6) is -1.13.